The number of aromatic nitrogens is 2. The largest absolute Gasteiger partial charge is 0.352 e. The SMILES string of the molecule is Cc1ccc(C(=O)N2CCN(c3ncnc4sc(C)c(C)c34)CC2)s1. The number of nitrogens with zero attached hydrogens (tertiary/aromatic N) is 4. The summed E-state index contributed by atoms with van der Waals surface area (Å²) >= 11 is 3.29. The second kappa shape index (κ2) is 6.38. The molecule has 4 heterocycles. The average Bonchev–Trinajstić information content (AvgIpc) is 3.18. The van der Waals surface area contributed by atoms with Crippen molar-refractivity contribution in [2.45, 2.75) is 20.8 Å². The van der Waals surface area contributed by atoms with Gasteiger partial charge in [0.15, 0.2) is 0 Å². The molecule has 0 spiro atoms. The molecule has 0 saturated carbocycles. The quantitative estimate of drug-likeness (QED) is 0.689. The second-order valence-electron chi connectivity index (χ2n) is 6.35. The summed E-state index contributed by atoms with van der Waals surface area (Å²) in [4.78, 5) is 30.2. The second-order valence-corrected chi connectivity index (χ2v) is 8.84. The Morgan fingerprint density at radius 2 is 1.80 bits per heavy atom. The van der Waals surface area contributed by atoms with Crippen LogP contribution in [-0.2, 0) is 0 Å². The number of carbonyl (C=O) groups excluding carboxylic acids is 1. The minimum absolute atomic E-state index is 0.146. The molecule has 5 nitrogen and oxygen atoms in total. The summed E-state index contributed by atoms with van der Waals surface area (Å²) in [6.45, 7) is 9.36. The van der Waals surface area contributed by atoms with Crippen molar-refractivity contribution in [3.63, 3.8) is 0 Å². The van der Waals surface area contributed by atoms with Crippen molar-refractivity contribution in [3.8, 4) is 0 Å². The lowest BCUT2D eigenvalue weighted by atomic mass is 10.2. The Labute approximate surface area is 154 Å². The summed E-state index contributed by atoms with van der Waals surface area (Å²) in [5.74, 6) is 1.15. The van der Waals surface area contributed by atoms with E-state index in [9.17, 15) is 4.79 Å². The monoisotopic (exact) mass is 372 g/mol. The molecule has 0 unspecified atom stereocenters. The lowest BCUT2D eigenvalue weighted by molar-refractivity contribution is 0.0751. The molecule has 0 bridgehead atoms. The van der Waals surface area contributed by atoms with Gasteiger partial charge >= 0.3 is 0 Å². The Morgan fingerprint density at radius 3 is 2.48 bits per heavy atom. The molecule has 0 radical (unpaired) electrons. The van der Waals surface area contributed by atoms with Gasteiger partial charge in [0.05, 0.1) is 10.3 Å². The van der Waals surface area contributed by atoms with E-state index in [-0.39, 0.29) is 5.91 Å². The van der Waals surface area contributed by atoms with Gasteiger partial charge in [-0.15, -0.1) is 22.7 Å². The summed E-state index contributed by atoms with van der Waals surface area (Å²) in [5.41, 5.74) is 1.27. The minimum atomic E-state index is 0.146. The number of hydrogen-bond acceptors (Lipinski definition) is 6. The molecule has 4 rings (SSSR count). The van der Waals surface area contributed by atoms with Crippen molar-refractivity contribution >= 4 is 44.6 Å². The Kier molecular flexibility index (Phi) is 4.21. The van der Waals surface area contributed by atoms with Crippen LogP contribution in [0, 0.1) is 20.8 Å². The molecule has 1 aliphatic heterocycles. The lowest BCUT2D eigenvalue weighted by Crippen LogP contribution is -2.49. The van der Waals surface area contributed by atoms with Crippen molar-refractivity contribution in [1.29, 1.82) is 0 Å². The van der Waals surface area contributed by atoms with Crippen LogP contribution in [0.3, 0.4) is 0 Å². The zero-order chi connectivity index (χ0) is 17.6. The highest BCUT2D eigenvalue weighted by atomic mass is 32.1. The number of anilines is 1. The minimum Gasteiger partial charge on any atom is -0.352 e. The topological polar surface area (TPSA) is 49.3 Å². The zero-order valence-electron chi connectivity index (χ0n) is 14.6. The van der Waals surface area contributed by atoms with E-state index in [4.69, 9.17) is 0 Å². The molecule has 1 aliphatic rings. The summed E-state index contributed by atoms with van der Waals surface area (Å²) in [6.07, 6.45) is 1.65. The first-order chi connectivity index (χ1) is 12.0. The van der Waals surface area contributed by atoms with Gasteiger partial charge in [-0.05, 0) is 38.5 Å². The predicted molar refractivity (Wildman–Crippen MR) is 104 cm³/mol. The van der Waals surface area contributed by atoms with E-state index in [1.165, 1.54) is 20.7 Å². The lowest BCUT2D eigenvalue weighted by Gasteiger charge is -2.35. The van der Waals surface area contributed by atoms with Crippen molar-refractivity contribution in [1.82, 2.24) is 14.9 Å². The number of rotatable bonds is 2. The molecule has 0 aromatic carbocycles. The van der Waals surface area contributed by atoms with Gasteiger partial charge in [0, 0.05) is 35.9 Å². The maximum absolute atomic E-state index is 12.6. The summed E-state index contributed by atoms with van der Waals surface area (Å²) < 4.78 is 0. The molecular formula is C18H20N4OS2. The standard InChI is InChI=1S/C18H20N4OS2/c1-11-4-5-14(24-11)18(23)22-8-6-21(7-9-22)16-15-12(2)13(3)25-17(15)20-10-19-16/h4-5,10H,6-9H2,1-3H3. The van der Waals surface area contributed by atoms with Gasteiger partial charge in [-0.1, -0.05) is 0 Å². The van der Waals surface area contributed by atoms with Gasteiger partial charge in [-0.3, -0.25) is 4.79 Å². The van der Waals surface area contributed by atoms with E-state index in [0.717, 1.165) is 41.7 Å². The summed E-state index contributed by atoms with van der Waals surface area (Å²) in [7, 11) is 0. The maximum Gasteiger partial charge on any atom is 0.264 e. The highest BCUT2D eigenvalue weighted by Gasteiger charge is 2.25. The van der Waals surface area contributed by atoms with E-state index < -0.39 is 0 Å². The normalized spacial score (nSPS) is 15.2. The summed E-state index contributed by atoms with van der Waals surface area (Å²) in [6, 6.07) is 3.94. The maximum atomic E-state index is 12.6. The molecule has 25 heavy (non-hydrogen) atoms. The first-order valence-electron chi connectivity index (χ1n) is 8.36. The van der Waals surface area contributed by atoms with E-state index in [0.29, 0.717) is 0 Å². The Balaban J connectivity index is 1.54. The van der Waals surface area contributed by atoms with E-state index in [2.05, 4.69) is 28.7 Å². The zero-order valence-corrected chi connectivity index (χ0v) is 16.2. The number of fused-ring (bicyclic) bond motifs is 1. The fourth-order valence-corrected chi connectivity index (χ4v) is 5.06. The third kappa shape index (κ3) is 2.91. The van der Waals surface area contributed by atoms with Crippen molar-refractivity contribution in [2.75, 3.05) is 31.1 Å². The van der Waals surface area contributed by atoms with Gasteiger partial charge in [0.2, 0.25) is 0 Å². The average molecular weight is 373 g/mol. The Morgan fingerprint density at radius 1 is 1.04 bits per heavy atom. The van der Waals surface area contributed by atoms with Crippen molar-refractivity contribution < 1.29 is 4.79 Å². The van der Waals surface area contributed by atoms with Crippen LogP contribution < -0.4 is 4.90 Å². The Hall–Kier alpha value is -1.99. The highest BCUT2D eigenvalue weighted by molar-refractivity contribution is 7.18. The molecule has 0 atom stereocenters. The number of amides is 1. The van der Waals surface area contributed by atoms with E-state index in [1.807, 2.05) is 24.0 Å². The summed E-state index contributed by atoms with van der Waals surface area (Å²) in [5, 5.41) is 1.17. The smallest absolute Gasteiger partial charge is 0.264 e. The molecule has 130 valence electrons. The van der Waals surface area contributed by atoms with Crippen molar-refractivity contribution in [3.05, 3.63) is 38.7 Å². The van der Waals surface area contributed by atoms with Crippen LogP contribution in [0.2, 0.25) is 0 Å². The molecule has 3 aromatic rings. The van der Waals surface area contributed by atoms with E-state index in [1.54, 1.807) is 29.0 Å². The molecule has 3 aromatic heterocycles. The first kappa shape index (κ1) is 16.5. The van der Waals surface area contributed by atoms with Gasteiger partial charge < -0.3 is 9.80 Å². The van der Waals surface area contributed by atoms with Crippen LogP contribution in [0.4, 0.5) is 5.82 Å². The van der Waals surface area contributed by atoms with E-state index >= 15 is 0 Å². The first-order valence-corrected chi connectivity index (χ1v) is 9.99. The van der Waals surface area contributed by atoms with Crippen LogP contribution in [0.15, 0.2) is 18.5 Å². The van der Waals surface area contributed by atoms with Crippen molar-refractivity contribution in [2.24, 2.45) is 0 Å². The molecule has 0 N–H and O–H groups in total. The molecule has 1 fully saturated rings. The molecule has 0 aliphatic carbocycles. The Bertz CT molecular complexity index is 938. The number of thiophene rings is 2. The molecular weight excluding hydrogens is 352 g/mol. The van der Waals surface area contributed by atoms with Gasteiger partial charge in [-0.2, -0.15) is 0 Å². The molecule has 1 amide bonds. The van der Waals surface area contributed by atoms with Crippen LogP contribution in [0.5, 0.6) is 0 Å². The number of aryl methyl sites for hydroxylation is 3. The van der Waals surface area contributed by atoms with Gasteiger partial charge in [0.25, 0.3) is 5.91 Å². The van der Waals surface area contributed by atoms with Crippen LogP contribution in [-0.4, -0.2) is 47.0 Å². The van der Waals surface area contributed by atoms with Crippen LogP contribution in [0.1, 0.15) is 25.0 Å². The molecule has 7 heteroatoms. The number of piperazine rings is 1. The predicted octanol–water partition coefficient (Wildman–Crippen LogP) is 3.64. The number of hydrogen-bond donors (Lipinski definition) is 0. The van der Waals surface area contributed by atoms with Crippen LogP contribution in [0.25, 0.3) is 10.2 Å². The fraction of sp³-hybridized carbons (Fsp3) is 0.389. The highest BCUT2D eigenvalue weighted by Crippen LogP contribution is 2.34. The number of carbonyl (C=O) groups is 1. The van der Waals surface area contributed by atoms with Crippen LogP contribution >= 0.6 is 22.7 Å². The third-order valence-electron chi connectivity index (χ3n) is 4.76. The molecule has 1 saturated heterocycles. The third-order valence-corrected chi connectivity index (χ3v) is 6.87. The van der Waals surface area contributed by atoms with Gasteiger partial charge in [0.1, 0.15) is 17.0 Å². The fourth-order valence-electron chi connectivity index (χ4n) is 3.23. The van der Waals surface area contributed by atoms with Gasteiger partial charge in [-0.25, -0.2) is 9.97 Å².